The second-order valence-corrected chi connectivity index (χ2v) is 8.45. The van der Waals surface area contributed by atoms with E-state index in [4.69, 9.17) is 4.98 Å². The molecule has 2 heterocycles. The largest absolute Gasteiger partial charge is 0.372 e. The van der Waals surface area contributed by atoms with Gasteiger partial charge in [0, 0.05) is 23.3 Å². The molecule has 19 heavy (non-hydrogen) atoms. The molecule has 0 spiro atoms. The highest BCUT2D eigenvalue weighted by Gasteiger charge is 2.29. The van der Waals surface area contributed by atoms with Crippen LogP contribution in [0.15, 0.2) is 4.47 Å². The van der Waals surface area contributed by atoms with E-state index in [2.05, 4.69) is 47.0 Å². The Hall–Kier alpha value is 0.0600. The van der Waals surface area contributed by atoms with Crippen molar-refractivity contribution in [1.29, 1.82) is 0 Å². The molecule has 0 amide bonds. The minimum absolute atomic E-state index is 0.404. The van der Waals surface area contributed by atoms with Gasteiger partial charge in [0.05, 0.1) is 15.4 Å². The number of hydrogen-bond donors (Lipinski definition) is 1. The third-order valence-corrected chi connectivity index (χ3v) is 7.57. The summed E-state index contributed by atoms with van der Waals surface area (Å²) in [6.07, 6.45) is 0.918. The maximum Gasteiger partial charge on any atom is 0.144 e. The molecule has 3 atom stereocenters. The van der Waals surface area contributed by atoms with Crippen LogP contribution in [0, 0.1) is 0 Å². The highest BCUT2D eigenvalue weighted by Crippen LogP contribution is 2.43. The van der Waals surface area contributed by atoms with Gasteiger partial charge >= 0.3 is 0 Å². The van der Waals surface area contributed by atoms with E-state index in [0.717, 1.165) is 34.0 Å². The van der Waals surface area contributed by atoms with Gasteiger partial charge in [0.15, 0.2) is 0 Å². The minimum Gasteiger partial charge on any atom is -0.372 e. The van der Waals surface area contributed by atoms with Crippen LogP contribution in [0.1, 0.15) is 37.5 Å². The molecule has 106 valence electrons. The molecule has 0 radical (unpaired) electrons. The van der Waals surface area contributed by atoms with Gasteiger partial charge in [-0.15, -0.1) is 11.8 Å². The van der Waals surface area contributed by atoms with Crippen molar-refractivity contribution >= 4 is 45.3 Å². The Morgan fingerprint density at radius 2 is 2.05 bits per heavy atom. The van der Waals surface area contributed by atoms with Crippen molar-refractivity contribution < 1.29 is 0 Å². The third-order valence-electron chi connectivity index (χ3n) is 3.35. The zero-order valence-electron chi connectivity index (χ0n) is 11.7. The predicted octanol–water partition coefficient (Wildman–Crippen LogP) is 4.14. The molecule has 0 aliphatic carbocycles. The van der Waals surface area contributed by atoms with Crippen LogP contribution in [-0.2, 0) is 6.42 Å². The molecule has 3 unspecified atom stereocenters. The summed E-state index contributed by atoms with van der Waals surface area (Å²) in [5, 5.41) is 4.93. The fourth-order valence-corrected chi connectivity index (χ4v) is 5.47. The average Bonchev–Trinajstić information content (AvgIpc) is 2.42. The summed E-state index contributed by atoms with van der Waals surface area (Å²) in [6.45, 7) is 6.73. The molecule has 1 N–H and O–H groups in total. The molecular formula is C13H20BrN3S2. The van der Waals surface area contributed by atoms with Gasteiger partial charge in [0.25, 0.3) is 0 Å². The first-order valence-corrected chi connectivity index (χ1v) is 9.36. The van der Waals surface area contributed by atoms with E-state index in [1.807, 2.05) is 30.6 Å². The number of aromatic nitrogens is 2. The fraction of sp³-hybridized carbons (Fsp3) is 0.692. The van der Waals surface area contributed by atoms with Gasteiger partial charge in [-0.25, -0.2) is 9.97 Å². The van der Waals surface area contributed by atoms with Crippen LogP contribution in [0.3, 0.4) is 0 Å². The monoisotopic (exact) mass is 361 g/mol. The van der Waals surface area contributed by atoms with Gasteiger partial charge in [0.2, 0.25) is 0 Å². The van der Waals surface area contributed by atoms with E-state index in [-0.39, 0.29) is 0 Å². The van der Waals surface area contributed by atoms with Crippen LogP contribution < -0.4 is 5.32 Å². The molecule has 0 aromatic carbocycles. The molecule has 1 saturated heterocycles. The van der Waals surface area contributed by atoms with Gasteiger partial charge in [-0.2, -0.15) is 11.8 Å². The Kier molecular flexibility index (Phi) is 5.43. The maximum atomic E-state index is 4.75. The molecule has 3 nitrogen and oxygen atoms in total. The number of halogens is 1. The molecule has 0 bridgehead atoms. The normalized spacial score (nSPS) is 27.3. The van der Waals surface area contributed by atoms with Gasteiger partial charge in [-0.3, -0.25) is 0 Å². The average molecular weight is 362 g/mol. The van der Waals surface area contributed by atoms with Crippen molar-refractivity contribution in [3.8, 4) is 0 Å². The molecule has 1 aliphatic rings. The number of rotatable bonds is 3. The second kappa shape index (κ2) is 6.68. The summed E-state index contributed by atoms with van der Waals surface area (Å²) in [6, 6.07) is 0. The highest BCUT2D eigenvalue weighted by molar-refractivity contribution is 9.10. The molecular weight excluding hydrogens is 342 g/mol. The Morgan fingerprint density at radius 1 is 1.32 bits per heavy atom. The van der Waals surface area contributed by atoms with E-state index >= 15 is 0 Å². The topological polar surface area (TPSA) is 37.8 Å². The Morgan fingerprint density at radius 3 is 2.63 bits per heavy atom. The standard InChI is InChI=1S/C13H20BrN3S2/c1-5-9-11(14)13(15-4)17-12(16-9)10-6-18-7(2)8(3)19-10/h7-8,10H,5-6H2,1-4H3,(H,15,16,17). The van der Waals surface area contributed by atoms with Crippen LogP contribution in [0.4, 0.5) is 5.82 Å². The molecule has 1 aromatic heterocycles. The zero-order chi connectivity index (χ0) is 14.0. The van der Waals surface area contributed by atoms with E-state index in [0.29, 0.717) is 15.7 Å². The van der Waals surface area contributed by atoms with Crippen molar-refractivity contribution in [2.24, 2.45) is 0 Å². The first kappa shape index (κ1) is 15.4. The van der Waals surface area contributed by atoms with Crippen LogP contribution in [-0.4, -0.2) is 33.3 Å². The number of hydrogen-bond acceptors (Lipinski definition) is 5. The summed E-state index contributed by atoms with van der Waals surface area (Å²) in [5.41, 5.74) is 1.09. The lowest BCUT2D eigenvalue weighted by molar-refractivity contribution is 0.839. The Bertz CT molecular complexity index is 431. The SMILES string of the molecule is CCc1nc(C2CSC(C)C(C)S2)nc(NC)c1Br. The summed E-state index contributed by atoms with van der Waals surface area (Å²) in [4.78, 5) is 9.43. The molecule has 1 aromatic rings. The predicted molar refractivity (Wildman–Crippen MR) is 90.4 cm³/mol. The summed E-state index contributed by atoms with van der Waals surface area (Å²) < 4.78 is 0.996. The van der Waals surface area contributed by atoms with E-state index in [1.165, 1.54) is 0 Å². The van der Waals surface area contributed by atoms with Crippen LogP contribution >= 0.6 is 39.5 Å². The first-order chi connectivity index (χ1) is 9.06. The molecule has 1 aliphatic heterocycles. The third kappa shape index (κ3) is 3.39. The van der Waals surface area contributed by atoms with Gasteiger partial charge in [-0.05, 0) is 22.4 Å². The van der Waals surface area contributed by atoms with Crippen LogP contribution in [0.25, 0.3) is 0 Å². The van der Waals surface area contributed by atoms with Gasteiger partial charge in [0.1, 0.15) is 11.6 Å². The Labute approximate surface area is 132 Å². The number of aryl methyl sites for hydroxylation is 1. The highest BCUT2D eigenvalue weighted by atomic mass is 79.9. The van der Waals surface area contributed by atoms with E-state index in [1.54, 1.807) is 0 Å². The van der Waals surface area contributed by atoms with Gasteiger partial charge < -0.3 is 5.32 Å². The number of nitrogens with zero attached hydrogens (tertiary/aromatic N) is 2. The van der Waals surface area contributed by atoms with Crippen molar-refractivity contribution in [2.45, 2.75) is 42.9 Å². The smallest absolute Gasteiger partial charge is 0.144 e. The summed E-state index contributed by atoms with van der Waals surface area (Å²) in [5.74, 6) is 2.98. The molecule has 2 rings (SSSR count). The lowest BCUT2D eigenvalue weighted by Gasteiger charge is -2.30. The zero-order valence-corrected chi connectivity index (χ0v) is 15.0. The van der Waals surface area contributed by atoms with Crippen molar-refractivity contribution in [3.05, 3.63) is 16.0 Å². The lowest BCUT2D eigenvalue weighted by Crippen LogP contribution is -2.23. The van der Waals surface area contributed by atoms with Crippen molar-refractivity contribution in [2.75, 3.05) is 18.1 Å². The minimum atomic E-state index is 0.404. The first-order valence-electron chi connectivity index (χ1n) is 6.57. The molecule has 0 saturated carbocycles. The van der Waals surface area contributed by atoms with Crippen molar-refractivity contribution in [3.63, 3.8) is 0 Å². The number of anilines is 1. The van der Waals surface area contributed by atoms with E-state index in [9.17, 15) is 0 Å². The lowest BCUT2D eigenvalue weighted by atomic mass is 10.3. The Balaban J connectivity index is 2.29. The van der Waals surface area contributed by atoms with Gasteiger partial charge in [-0.1, -0.05) is 20.8 Å². The fourth-order valence-electron chi connectivity index (χ4n) is 1.98. The number of thioether (sulfide) groups is 2. The van der Waals surface area contributed by atoms with Crippen LogP contribution in [0.2, 0.25) is 0 Å². The number of nitrogens with one attached hydrogen (secondary N) is 1. The quantitative estimate of drug-likeness (QED) is 0.875. The molecule has 6 heteroatoms. The van der Waals surface area contributed by atoms with E-state index < -0.39 is 0 Å². The maximum absolute atomic E-state index is 4.75. The van der Waals surface area contributed by atoms with Crippen LogP contribution in [0.5, 0.6) is 0 Å². The molecule has 1 fully saturated rings. The summed E-state index contributed by atoms with van der Waals surface area (Å²) in [7, 11) is 1.91. The van der Waals surface area contributed by atoms with Crippen molar-refractivity contribution in [1.82, 2.24) is 9.97 Å². The second-order valence-electron chi connectivity index (χ2n) is 4.66. The summed E-state index contributed by atoms with van der Waals surface area (Å²) >= 11 is 7.61.